The van der Waals surface area contributed by atoms with Crippen molar-refractivity contribution < 1.29 is 9.90 Å². The van der Waals surface area contributed by atoms with Crippen LogP contribution in [0.25, 0.3) is 0 Å². The molecule has 2 rings (SSSR count). The highest BCUT2D eigenvalue weighted by atomic mass is 35.5. The summed E-state index contributed by atoms with van der Waals surface area (Å²) in [4.78, 5) is 11.2. The molecule has 1 atom stereocenters. The summed E-state index contributed by atoms with van der Waals surface area (Å²) in [5, 5.41) is 13.9. The quantitative estimate of drug-likeness (QED) is 0.863. The summed E-state index contributed by atoms with van der Waals surface area (Å²) < 4.78 is 1.55. The number of carbonyl (C=O) groups is 1. The second-order valence-electron chi connectivity index (χ2n) is 4.05. The van der Waals surface area contributed by atoms with Gasteiger partial charge >= 0.3 is 5.97 Å². The van der Waals surface area contributed by atoms with Gasteiger partial charge in [-0.05, 0) is 32.6 Å². The molecule has 1 aromatic heterocycles. The monoisotopic (exact) mass is 228 g/mol. The first-order valence-electron chi connectivity index (χ1n) is 4.96. The van der Waals surface area contributed by atoms with Crippen LogP contribution in [0.5, 0.6) is 0 Å². The molecule has 0 bridgehead atoms. The molecule has 1 aromatic rings. The minimum Gasteiger partial charge on any atom is -0.480 e. The van der Waals surface area contributed by atoms with Crippen molar-refractivity contribution in [1.82, 2.24) is 9.78 Å². The van der Waals surface area contributed by atoms with Crippen molar-refractivity contribution in [2.45, 2.75) is 32.7 Å². The molecule has 0 spiro atoms. The Hall–Kier alpha value is -1.03. The highest BCUT2D eigenvalue weighted by Crippen LogP contribution is 2.41. The van der Waals surface area contributed by atoms with E-state index in [1.807, 2.05) is 0 Å². The molecule has 0 saturated heterocycles. The van der Waals surface area contributed by atoms with E-state index in [2.05, 4.69) is 5.10 Å². The lowest BCUT2D eigenvalue weighted by Crippen LogP contribution is -2.23. The van der Waals surface area contributed by atoms with Gasteiger partial charge in [0.2, 0.25) is 0 Å². The number of aryl methyl sites for hydroxylation is 1. The molecule has 5 heteroatoms. The van der Waals surface area contributed by atoms with Crippen LogP contribution in [0.3, 0.4) is 0 Å². The van der Waals surface area contributed by atoms with Gasteiger partial charge in [-0.3, -0.25) is 4.68 Å². The summed E-state index contributed by atoms with van der Waals surface area (Å²) in [6.07, 6.45) is 1.93. The molecule has 0 radical (unpaired) electrons. The maximum absolute atomic E-state index is 11.2. The van der Waals surface area contributed by atoms with Gasteiger partial charge in [0, 0.05) is 0 Å². The maximum Gasteiger partial charge on any atom is 0.328 e. The topological polar surface area (TPSA) is 55.1 Å². The summed E-state index contributed by atoms with van der Waals surface area (Å²) in [5.74, 6) is -0.601. The number of aromatic nitrogens is 2. The highest BCUT2D eigenvalue weighted by Gasteiger charge is 2.39. The molecular formula is C10H13ClN2O2. The number of halogens is 1. The van der Waals surface area contributed by atoms with Crippen LogP contribution in [0.2, 0.25) is 5.02 Å². The predicted octanol–water partition coefficient (Wildman–Crippen LogP) is 2.19. The van der Waals surface area contributed by atoms with Gasteiger partial charge < -0.3 is 5.11 Å². The molecule has 1 fully saturated rings. The van der Waals surface area contributed by atoms with Crippen molar-refractivity contribution >= 4 is 17.6 Å². The largest absolute Gasteiger partial charge is 0.480 e. The van der Waals surface area contributed by atoms with E-state index in [1.165, 1.54) is 0 Å². The molecule has 1 N–H and O–H groups in total. The molecule has 0 aromatic carbocycles. The second kappa shape index (κ2) is 3.52. The Balaban J connectivity index is 2.41. The zero-order valence-corrected chi connectivity index (χ0v) is 9.45. The van der Waals surface area contributed by atoms with E-state index in [1.54, 1.807) is 18.5 Å². The number of carboxylic acid groups (broad SMARTS) is 1. The maximum atomic E-state index is 11.2. The Morgan fingerprint density at radius 1 is 1.60 bits per heavy atom. The number of rotatable bonds is 3. The average Bonchev–Trinajstić information content (AvgIpc) is 2.93. The fourth-order valence-corrected chi connectivity index (χ4v) is 1.96. The van der Waals surface area contributed by atoms with Crippen LogP contribution < -0.4 is 0 Å². The van der Waals surface area contributed by atoms with Crippen LogP contribution in [0.1, 0.15) is 30.3 Å². The van der Waals surface area contributed by atoms with E-state index >= 15 is 0 Å². The number of hydrogen-bond donors (Lipinski definition) is 1. The van der Waals surface area contributed by atoms with E-state index in [9.17, 15) is 4.79 Å². The lowest BCUT2D eigenvalue weighted by molar-refractivity contribution is -0.142. The average molecular weight is 229 g/mol. The molecule has 1 heterocycles. The summed E-state index contributed by atoms with van der Waals surface area (Å²) in [5.41, 5.74) is 1.44. The fraction of sp³-hybridized carbons (Fsp3) is 0.600. The molecule has 15 heavy (non-hydrogen) atoms. The molecule has 82 valence electrons. The van der Waals surface area contributed by atoms with E-state index in [4.69, 9.17) is 16.7 Å². The molecule has 0 amide bonds. The SMILES string of the molecule is Cc1nn(C(C(=O)O)C2CC2)c(C)c1Cl. The van der Waals surface area contributed by atoms with Gasteiger partial charge in [0.25, 0.3) is 0 Å². The molecule has 0 aliphatic heterocycles. The zero-order valence-electron chi connectivity index (χ0n) is 8.70. The van der Waals surface area contributed by atoms with E-state index in [-0.39, 0.29) is 5.92 Å². The smallest absolute Gasteiger partial charge is 0.328 e. The van der Waals surface area contributed by atoms with Gasteiger partial charge in [0.15, 0.2) is 6.04 Å². The summed E-state index contributed by atoms with van der Waals surface area (Å²) in [7, 11) is 0. The van der Waals surface area contributed by atoms with Crippen LogP contribution in [0, 0.1) is 19.8 Å². The number of hydrogen-bond acceptors (Lipinski definition) is 2. The molecular weight excluding hydrogens is 216 g/mol. The number of carboxylic acids is 1. The van der Waals surface area contributed by atoms with Crippen molar-refractivity contribution in [3.63, 3.8) is 0 Å². The first-order chi connectivity index (χ1) is 7.02. The molecule has 1 unspecified atom stereocenters. The summed E-state index contributed by atoms with van der Waals surface area (Å²) >= 11 is 6.00. The number of aliphatic carboxylic acids is 1. The van der Waals surface area contributed by atoms with Gasteiger partial charge in [-0.15, -0.1) is 0 Å². The second-order valence-corrected chi connectivity index (χ2v) is 4.43. The van der Waals surface area contributed by atoms with Crippen molar-refractivity contribution in [2.24, 2.45) is 5.92 Å². The molecule has 1 saturated carbocycles. The Morgan fingerprint density at radius 3 is 2.53 bits per heavy atom. The molecule has 1 aliphatic rings. The van der Waals surface area contributed by atoms with Gasteiger partial charge in [-0.25, -0.2) is 4.79 Å². The fourth-order valence-electron chi connectivity index (χ4n) is 1.83. The summed E-state index contributed by atoms with van der Waals surface area (Å²) in [6, 6.07) is -0.545. The third kappa shape index (κ3) is 1.74. The first kappa shape index (κ1) is 10.5. The highest BCUT2D eigenvalue weighted by molar-refractivity contribution is 6.31. The third-order valence-electron chi connectivity index (χ3n) is 2.82. The van der Waals surface area contributed by atoms with Crippen molar-refractivity contribution in [3.05, 3.63) is 16.4 Å². The molecule has 1 aliphatic carbocycles. The predicted molar refractivity (Wildman–Crippen MR) is 56.1 cm³/mol. The number of nitrogens with zero attached hydrogens (tertiary/aromatic N) is 2. The first-order valence-corrected chi connectivity index (χ1v) is 5.34. The van der Waals surface area contributed by atoms with E-state index in [0.717, 1.165) is 18.5 Å². The zero-order chi connectivity index (χ0) is 11.2. The minimum atomic E-state index is -0.820. The van der Waals surface area contributed by atoms with Gasteiger partial charge in [0.05, 0.1) is 16.4 Å². The Labute approximate surface area is 92.8 Å². The normalized spacial score (nSPS) is 17.8. The van der Waals surface area contributed by atoms with Crippen LogP contribution >= 0.6 is 11.6 Å². The van der Waals surface area contributed by atoms with Gasteiger partial charge in [-0.2, -0.15) is 5.10 Å². The lowest BCUT2D eigenvalue weighted by Gasteiger charge is -2.13. The van der Waals surface area contributed by atoms with Crippen LogP contribution in [-0.4, -0.2) is 20.9 Å². The van der Waals surface area contributed by atoms with Crippen LogP contribution in [0.15, 0.2) is 0 Å². The van der Waals surface area contributed by atoms with Crippen molar-refractivity contribution in [1.29, 1.82) is 0 Å². The summed E-state index contributed by atoms with van der Waals surface area (Å²) in [6.45, 7) is 3.60. The van der Waals surface area contributed by atoms with Crippen LogP contribution in [-0.2, 0) is 4.79 Å². The van der Waals surface area contributed by atoms with Gasteiger partial charge in [0.1, 0.15) is 0 Å². The third-order valence-corrected chi connectivity index (χ3v) is 3.37. The van der Waals surface area contributed by atoms with Crippen molar-refractivity contribution in [2.75, 3.05) is 0 Å². The Kier molecular flexibility index (Phi) is 2.46. The van der Waals surface area contributed by atoms with E-state index < -0.39 is 12.0 Å². The van der Waals surface area contributed by atoms with E-state index in [0.29, 0.717) is 10.7 Å². The van der Waals surface area contributed by atoms with Gasteiger partial charge in [-0.1, -0.05) is 11.6 Å². The Bertz CT molecular complexity index is 410. The molecule has 4 nitrogen and oxygen atoms in total. The minimum absolute atomic E-state index is 0.219. The Morgan fingerprint density at radius 2 is 2.20 bits per heavy atom. The van der Waals surface area contributed by atoms with Crippen molar-refractivity contribution in [3.8, 4) is 0 Å². The van der Waals surface area contributed by atoms with Crippen LogP contribution in [0.4, 0.5) is 0 Å². The lowest BCUT2D eigenvalue weighted by atomic mass is 10.2. The standard InChI is InChI=1S/C10H13ClN2O2/c1-5-8(11)6(2)13(12-5)9(10(14)15)7-3-4-7/h7,9H,3-4H2,1-2H3,(H,14,15).